The lowest BCUT2D eigenvalue weighted by Crippen LogP contribution is -2.04. The molecular weight excluding hydrogens is 312 g/mol. The number of aromatic hydroxyl groups is 1. The number of aromatic nitrogens is 2. The van der Waals surface area contributed by atoms with E-state index in [1.165, 1.54) is 0 Å². The fraction of sp³-hybridized carbons (Fsp3) is 0.385. The Labute approximate surface area is 118 Å². The van der Waals surface area contributed by atoms with Crippen LogP contribution in [0.25, 0.3) is 11.5 Å². The van der Waals surface area contributed by atoms with Crippen molar-refractivity contribution in [1.29, 1.82) is 0 Å². The Morgan fingerprint density at radius 3 is 3.05 bits per heavy atom. The van der Waals surface area contributed by atoms with Crippen molar-refractivity contribution in [2.24, 2.45) is 5.92 Å². The second-order valence-corrected chi connectivity index (χ2v) is 5.53. The zero-order chi connectivity index (χ0) is 13.2. The minimum absolute atomic E-state index is 0.119. The van der Waals surface area contributed by atoms with Gasteiger partial charge in [-0.1, -0.05) is 21.1 Å². The van der Waals surface area contributed by atoms with Gasteiger partial charge in [-0.2, -0.15) is 4.98 Å². The van der Waals surface area contributed by atoms with Crippen LogP contribution >= 0.6 is 15.9 Å². The first-order valence-corrected chi connectivity index (χ1v) is 6.91. The summed E-state index contributed by atoms with van der Waals surface area (Å²) >= 11 is 3.29. The van der Waals surface area contributed by atoms with Gasteiger partial charge in [-0.05, 0) is 30.5 Å². The van der Waals surface area contributed by atoms with Crippen LogP contribution in [0.4, 0.5) is 0 Å². The van der Waals surface area contributed by atoms with E-state index in [1.807, 2.05) is 6.07 Å². The Balaban J connectivity index is 1.80. The van der Waals surface area contributed by atoms with Crippen LogP contribution in [0, 0.1) is 5.92 Å². The summed E-state index contributed by atoms with van der Waals surface area (Å²) in [7, 11) is 0. The summed E-state index contributed by atoms with van der Waals surface area (Å²) in [6.45, 7) is 1.57. The Hall–Kier alpha value is -1.40. The lowest BCUT2D eigenvalue weighted by atomic mass is 10.1. The van der Waals surface area contributed by atoms with Gasteiger partial charge in [-0.3, -0.25) is 0 Å². The molecule has 1 atom stereocenters. The molecule has 1 N–H and O–H groups in total. The van der Waals surface area contributed by atoms with Crippen LogP contribution in [0.15, 0.2) is 27.2 Å². The van der Waals surface area contributed by atoms with Crippen LogP contribution in [0.1, 0.15) is 12.2 Å². The van der Waals surface area contributed by atoms with Gasteiger partial charge in [0.15, 0.2) is 5.82 Å². The van der Waals surface area contributed by atoms with Gasteiger partial charge in [0.25, 0.3) is 5.89 Å². The molecule has 6 heteroatoms. The van der Waals surface area contributed by atoms with Crippen molar-refractivity contribution < 1.29 is 14.4 Å². The number of hydrogen-bond donors (Lipinski definition) is 1. The first-order valence-electron chi connectivity index (χ1n) is 6.11. The first-order chi connectivity index (χ1) is 9.22. The van der Waals surface area contributed by atoms with E-state index in [0.29, 0.717) is 23.2 Å². The van der Waals surface area contributed by atoms with Crippen molar-refractivity contribution in [3.63, 3.8) is 0 Å². The number of ether oxygens (including phenoxy) is 1. The summed E-state index contributed by atoms with van der Waals surface area (Å²) < 4.78 is 11.3. The summed E-state index contributed by atoms with van der Waals surface area (Å²) in [6, 6.07) is 5.17. The highest BCUT2D eigenvalue weighted by Gasteiger charge is 2.20. The van der Waals surface area contributed by atoms with Gasteiger partial charge in [0, 0.05) is 24.1 Å². The summed E-state index contributed by atoms with van der Waals surface area (Å²) in [5, 5.41) is 13.8. The lowest BCUT2D eigenvalue weighted by Gasteiger charge is -2.01. The highest BCUT2D eigenvalue weighted by molar-refractivity contribution is 9.10. The molecule has 1 aliphatic heterocycles. The summed E-state index contributed by atoms with van der Waals surface area (Å²) in [5.74, 6) is 1.59. The molecular formula is C13H13BrN2O3. The van der Waals surface area contributed by atoms with Crippen molar-refractivity contribution in [2.75, 3.05) is 13.2 Å². The first kappa shape index (κ1) is 12.6. The molecule has 0 aliphatic carbocycles. The number of phenols is 1. The van der Waals surface area contributed by atoms with E-state index in [2.05, 4.69) is 26.1 Å². The van der Waals surface area contributed by atoms with Crippen molar-refractivity contribution >= 4 is 15.9 Å². The number of rotatable bonds is 3. The van der Waals surface area contributed by atoms with E-state index in [-0.39, 0.29) is 5.75 Å². The molecule has 2 aromatic rings. The fourth-order valence-corrected chi connectivity index (χ4v) is 2.48. The minimum Gasteiger partial charge on any atom is -0.507 e. The number of benzene rings is 1. The zero-order valence-electron chi connectivity index (χ0n) is 10.2. The number of hydrogen-bond acceptors (Lipinski definition) is 5. The normalized spacial score (nSPS) is 18.9. The van der Waals surface area contributed by atoms with Gasteiger partial charge in [0.1, 0.15) is 5.75 Å². The third kappa shape index (κ3) is 2.79. The molecule has 0 spiro atoms. The van der Waals surface area contributed by atoms with Crippen LogP contribution in [0.3, 0.4) is 0 Å². The summed E-state index contributed by atoms with van der Waals surface area (Å²) in [6.07, 6.45) is 1.79. The van der Waals surface area contributed by atoms with Gasteiger partial charge in [-0.15, -0.1) is 0 Å². The molecule has 0 amide bonds. The molecule has 0 radical (unpaired) electrons. The van der Waals surface area contributed by atoms with Crippen molar-refractivity contribution in [1.82, 2.24) is 10.1 Å². The highest BCUT2D eigenvalue weighted by Crippen LogP contribution is 2.30. The molecule has 1 aromatic heterocycles. The van der Waals surface area contributed by atoms with Crippen LogP contribution < -0.4 is 0 Å². The number of halogens is 1. The topological polar surface area (TPSA) is 68.4 Å². The van der Waals surface area contributed by atoms with Gasteiger partial charge >= 0.3 is 0 Å². The average Bonchev–Trinajstić information content (AvgIpc) is 3.01. The molecule has 0 saturated carbocycles. The third-order valence-electron chi connectivity index (χ3n) is 3.15. The third-order valence-corrected chi connectivity index (χ3v) is 3.65. The highest BCUT2D eigenvalue weighted by atomic mass is 79.9. The van der Waals surface area contributed by atoms with E-state index < -0.39 is 0 Å². The molecule has 100 valence electrons. The number of nitrogens with zero attached hydrogens (tertiary/aromatic N) is 2. The molecule has 1 unspecified atom stereocenters. The van der Waals surface area contributed by atoms with Crippen LogP contribution in [-0.2, 0) is 11.2 Å². The molecule has 3 rings (SSSR count). The largest absolute Gasteiger partial charge is 0.507 e. The Morgan fingerprint density at radius 2 is 2.32 bits per heavy atom. The van der Waals surface area contributed by atoms with Gasteiger partial charge in [0.2, 0.25) is 0 Å². The second-order valence-electron chi connectivity index (χ2n) is 4.61. The van der Waals surface area contributed by atoms with Gasteiger partial charge < -0.3 is 14.4 Å². The molecule has 1 saturated heterocycles. The Kier molecular flexibility index (Phi) is 3.52. The number of phenolic OH excluding ortho intramolecular Hbond substituents is 1. The lowest BCUT2D eigenvalue weighted by molar-refractivity contribution is 0.185. The molecule has 1 fully saturated rings. The van der Waals surface area contributed by atoms with E-state index in [9.17, 15) is 5.11 Å². The molecule has 1 aliphatic rings. The maximum Gasteiger partial charge on any atom is 0.261 e. The summed E-state index contributed by atoms with van der Waals surface area (Å²) in [4.78, 5) is 4.33. The Bertz CT molecular complexity index is 579. The van der Waals surface area contributed by atoms with Crippen LogP contribution in [0.5, 0.6) is 5.75 Å². The predicted molar refractivity (Wildman–Crippen MR) is 71.7 cm³/mol. The standard InChI is InChI=1S/C13H13BrN2O3/c14-9-1-2-10(11(17)6-9)13-15-12(16-19-13)5-8-3-4-18-7-8/h1-2,6,8,17H,3-5,7H2. The fourth-order valence-electron chi connectivity index (χ4n) is 2.13. The van der Waals surface area contributed by atoms with E-state index in [0.717, 1.165) is 30.5 Å². The molecule has 5 nitrogen and oxygen atoms in total. The van der Waals surface area contributed by atoms with E-state index in [1.54, 1.807) is 12.1 Å². The van der Waals surface area contributed by atoms with E-state index >= 15 is 0 Å². The smallest absolute Gasteiger partial charge is 0.261 e. The molecule has 1 aromatic carbocycles. The monoisotopic (exact) mass is 324 g/mol. The minimum atomic E-state index is 0.119. The molecule has 19 heavy (non-hydrogen) atoms. The maximum absolute atomic E-state index is 9.86. The van der Waals surface area contributed by atoms with Crippen molar-refractivity contribution in [2.45, 2.75) is 12.8 Å². The van der Waals surface area contributed by atoms with Crippen molar-refractivity contribution in [3.8, 4) is 17.2 Å². The van der Waals surface area contributed by atoms with Crippen LogP contribution in [0.2, 0.25) is 0 Å². The van der Waals surface area contributed by atoms with E-state index in [4.69, 9.17) is 9.26 Å². The van der Waals surface area contributed by atoms with Crippen molar-refractivity contribution in [3.05, 3.63) is 28.5 Å². The quantitative estimate of drug-likeness (QED) is 0.940. The van der Waals surface area contributed by atoms with Gasteiger partial charge in [-0.25, -0.2) is 0 Å². The average molecular weight is 325 g/mol. The molecule has 0 bridgehead atoms. The maximum atomic E-state index is 9.86. The molecule has 2 heterocycles. The Morgan fingerprint density at radius 1 is 1.42 bits per heavy atom. The zero-order valence-corrected chi connectivity index (χ0v) is 11.8. The predicted octanol–water partition coefficient (Wildman–Crippen LogP) is 2.78. The van der Waals surface area contributed by atoms with Crippen LogP contribution in [-0.4, -0.2) is 28.5 Å². The second kappa shape index (κ2) is 5.30. The SMILES string of the molecule is Oc1cc(Br)ccc1-c1nc(CC2CCOC2)no1. The van der Waals surface area contributed by atoms with Gasteiger partial charge in [0.05, 0.1) is 5.56 Å². The summed E-state index contributed by atoms with van der Waals surface area (Å²) in [5.41, 5.74) is 0.546.